The summed E-state index contributed by atoms with van der Waals surface area (Å²) in [6.45, 7) is 17.9. The molecule has 2 unspecified atom stereocenters. The van der Waals surface area contributed by atoms with Crippen LogP contribution in [0.2, 0.25) is 0 Å². The molecule has 2 aromatic carbocycles. The first-order valence-electron chi connectivity index (χ1n) is 12.7. The number of aryl methyl sites for hydroxylation is 1. The molecule has 1 aliphatic heterocycles. The molecule has 0 spiro atoms. The van der Waals surface area contributed by atoms with E-state index in [-0.39, 0.29) is 16.8 Å². The fourth-order valence-electron chi connectivity index (χ4n) is 7.12. The van der Waals surface area contributed by atoms with Gasteiger partial charge in [-0.2, -0.15) is 4.57 Å². The zero-order chi connectivity index (χ0) is 23.8. The lowest BCUT2D eigenvalue weighted by Gasteiger charge is -2.49. The zero-order valence-corrected chi connectivity index (χ0v) is 21.1. The van der Waals surface area contributed by atoms with E-state index in [1.807, 2.05) is 0 Å². The fourth-order valence-corrected chi connectivity index (χ4v) is 7.12. The Hall–Kier alpha value is -2.48. The molecule has 2 heteroatoms. The number of halogens is 1. The van der Waals surface area contributed by atoms with Crippen LogP contribution in [0.1, 0.15) is 89.5 Å². The molecule has 0 amide bonds. The molecule has 2 heterocycles. The van der Waals surface area contributed by atoms with Crippen molar-refractivity contribution in [3.05, 3.63) is 77.3 Å². The number of hydrogen-bond acceptors (Lipinski definition) is 0. The van der Waals surface area contributed by atoms with Gasteiger partial charge in [-0.25, -0.2) is 4.39 Å². The van der Waals surface area contributed by atoms with E-state index in [4.69, 9.17) is 0 Å². The Bertz CT molecular complexity index is 1300. The highest BCUT2D eigenvalue weighted by Gasteiger charge is 2.60. The summed E-state index contributed by atoms with van der Waals surface area (Å²) in [6.07, 6.45) is 9.70. The average molecular weight is 443 g/mol. The minimum Gasteiger partial charge on any atom is -0.207 e. The number of pyridine rings is 1. The summed E-state index contributed by atoms with van der Waals surface area (Å²) >= 11 is 0. The third-order valence-corrected chi connectivity index (χ3v) is 9.18. The van der Waals surface area contributed by atoms with Gasteiger partial charge in [0.05, 0.1) is 16.4 Å². The molecule has 2 atom stereocenters. The molecule has 0 bridgehead atoms. The van der Waals surface area contributed by atoms with Crippen LogP contribution in [0.4, 0.5) is 4.39 Å². The van der Waals surface area contributed by atoms with E-state index in [0.717, 1.165) is 30.4 Å². The summed E-state index contributed by atoms with van der Waals surface area (Å²) in [5, 5.41) is 2.56. The van der Waals surface area contributed by atoms with E-state index in [2.05, 4.69) is 89.2 Å². The van der Waals surface area contributed by atoms with E-state index < -0.39 is 5.41 Å². The number of allylic oxidation sites excluding steroid dienone is 1. The highest BCUT2D eigenvalue weighted by atomic mass is 19.1. The summed E-state index contributed by atoms with van der Waals surface area (Å²) < 4.78 is 18.2. The third-order valence-electron chi connectivity index (χ3n) is 9.18. The van der Waals surface area contributed by atoms with Crippen molar-refractivity contribution in [2.24, 2.45) is 0 Å². The van der Waals surface area contributed by atoms with Crippen molar-refractivity contribution in [1.29, 1.82) is 0 Å². The lowest BCUT2D eigenvalue weighted by molar-refractivity contribution is -0.755. The molecule has 0 fully saturated rings. The van der Waals surface area contributed by atoms with Gasteiger partial charge in [-0.1, -0.05) is 65.8 Å². The predicted octanol–water partition coefficient (Wildman–Crippen LogP) is 7.89. The first kappa shape index (κ1) is 22.3. The van der Waals surface area contributed by atoms with Gasteiger partial charge in [0, 0.05) is 23.5 Å². The second kappa shape index (κ2) is 7.26. The van der Waals surface area contributed by atoms with Gasteiger partial charge < -0.3 is 0 Å². The summed E-state index contributed by atoms with van der Waals surface area (Å²) in [7, 11) is 0. The van der Waals surface area contributed by atoms with Crippen LogP contribution in [0.3, 0.4) is 0 Å². The Morgan fingerprint density at radius 3 is 2.39 bits per heavy atom. The van der Waals surface area contributed by atoms with Crippen LogP contribution >= 0.6 is 0 Å². The molecular weight excluding hydrogens is 405 g/mol. The maximum absolute atomic E-state index is 15.8. The maximum atomic E-state index is 15.8. The van der Waals surface area contributed by atoms with Gasteiger partial charge in [-0.05, 0) is 60.4 Å². The van der Waals surface area contributed by atoms with Gasteiger partial charge in [0.2, 0.25) is 5.69 Å². The number of nitrogens with zero attached hydrogens (tertiary/aromatic N) is 1. The standard InChI is InChI=1S/C31H37FN/c1-8-12-13-20-18-21-16-17-33-28-25(21)23(19-20)29(5,6)27-24(32)15-14-22(26(27)28)30(7,9-2)31(33,10-3)11-4/h10,14-19H,3,8-9,11-13H2,1-2,4-7H3/q+1. The fraction of sp³-hybridized carbons (Fsp3) is 0.452. The van der Waals surface area contributed by atoms with E-state index in [9.17, 15) is 0 Å². The zero-order valence-electron chi connectivity index (χ0n) is 21.1. The molecule has 0 N–H and O–H groups in total. The second-order valence-corrected chi connectivity index (χ2v) is 10.9. The Balaban J connectivity index is 2.02. The average Bonchev–Trinajstić information content (AvgIpc) is 2.81. The van der Waals surface area contributed by atoms with Crippen LogP contribution in [0, 0.1) is 5.82 Å². The minimum atomic E-state index is -0.406. The van der Waals surface area contributed by atoms with Gasteiger partial charge in [0.25, 0.3) is 0 Å². The predicted molar refractivity (Wildman–Crippen MR) is 136 cm³/mol. The lowest BCUT2D eigenvalue weighted by Crippen LogP contribution is -2.68. The molecule has 1 aromatic heterocycles. The topological polar surface area (TPSA) is 3.88 Å². The second-order valence-electron chi connectivity index (χ2n) is 10.9. The van der Waals surface area contributed by atoms with Crippen molar-refractivity contribution in [3.63, 3.8) is 0 Å². The van der Waals surface area contributed by atoms with Crippen LogP contribution in [-0.2, 0) is 22.8 Å². The maximum Gasteiger partial charge on any atom is 0.222 e. The molecule has 1 nitrogen and oxygen atoms in total. The third kappa shape index (κ3) is 2.56. The summed E-state index contributed by atoms with van der Waals surface area (Å²) in [5.41, 5.74) is 6.19. The van der Waals surface area contributed by atoms with Crippen molar-refractivity contribution in [3.8, 4) is 11.3 Å². The monoisotopic (exact) mass is 442 g/mol. The van der Waals surface area contributed by atoms with Crippen LogP contribution < -0.4 is 4.57 Å². The van der Waals surface area contributed by atoms with Crippen LogP contribution in [-0.4, -0.2) is 0 Å². The largest absolute Gasteiger partial charge is 0.222 e. The Kier molecular flexibility index (Phi) is 4.91. The minimum absolute atomic E-state index is 0.0898. The first-order valence-corrected chi connectivity index (χ1v) is 12.7. The van der Waals surface area contributed by atoms with Crippen molar-refractivity contribution < 1.29 is 8.96 Å². The van der Waals surface area contributed by atoms with Gasteiger partial charge in [0.1, 0.15) is 5.82 Å². The molecule has 0 saturated heterocycles. The van der Waals surface area contributed by atoms with E-state index in [1.54, 1.807) is 6.07 Å². The van der Waals surface area contributed by atoms with Crippen LogP contribution in [0.25, 0.3) is 22.0 Å². The van der Waals surface area contributed by atoms with Gasteiger partial charge >= 0.3 is 0 Å². The van der Waals surface area contributed by atoms with E-state index >= 15 is 4.39 Å². The molecule has 0 radical (unpaired) electrons. The Morgan fingerprint density at radius 2 is 1.76 bits per heavy atom. The molecule has 1 aliphatic carbocycles. The SMILES string of the molecule is C=CC1(CC)[n+]2ccc3cc(CCCC)cc4c3c2-c2c(ccc(F)c2C4(C)C)C1(C)CC. The molecule has 33 heavy (non-hydrogen) atoms. The van der Waals surface area contributed by atoms with Gasteiger partial charge in [-0.3, -0.25) is 0 Å². The van der Waals surface area contributed by atoms with Crippen molar-refractivity contribution in [2.75, 3.05) is 0 Å². The van der Waals surface area contributed by atoms with Crippen molar-refractivity contribution in [2.45, 2.75) is 90.0 Å². The molecule has 5 rings (SSSR count). The van der Waals surface area contributed by atoms with Crippen molar-refractivity contribution >= 4 is 10.8 Å². The van der Waals surface area contributed by atoms with Crippen LogP contribution in [0.15, 0.2) is 49.2 Å². The van der Waals surface area contributed by atoms with E-state index in [1.165, 1.54) is 46.0 Å². The van der Waals surface area contributed by atoms with Crippen LogP contribution in [0.5, 0.6) is 0 Å². The number of unbranched alkanes of at least 4 members (excludes halogenated alkanes) is 1. The number of benzene rings is 2. The smallest absolute Gasteiger partial charge is 0.207 e. The molecular formula is C31H37FN+. The quantitative estimate of drug-likeness (QED) is 0.270. The molecule has 172 valence electrons. The number of rotatable bonds is 6. The Labute approximate surface area is 198 Å². The molecule has 0 saturated carbocycles. The highest BCUT2D eigenvalue weighted by molar-refractivity contribution is 6.01. The number of hydrogen-bond donors (Lipinski definition) is 0. The highest BCUT2D eigenvalue weighted by Crippen LogP contribution is 2.58. The van der Waals surface area contributed by atoms with Gasteiger partial charge in [0.15, 0.2) is 11.7 Å². The normalized spacial score (nSPS) is 24.2. The van der Waals surface area contributed by atoms with E-state index in [0.29, 0.717) is 0 Å². The lowest BCUT2D eigenvalue weighted by atomic mass is 9.56. The molecule has 3 aromatic rings. The van der Waals surface area contributed by atoms with Crippen molar-refractivity contribution in [1.82, 2.24) is 0 Å². The van der Waals surface area contributed by atoms with Gasteiger partial charge in [-0.15, -0.1) is 0 Å². The Morgan fingerprint density at radius 1 is 1.00 bits per heavy atom. The molecule has 2 aliphatic rings. The first-order chi connectivity index (χ1) is 15.7. The summed E-state index contributed by atoms with van der Waals surface area (Å²) in [6, 6.07) is 10.8. The summed E-state index contributed by atoms with van der Waals surface area (Å²) in [5.74, 6) is -0.0898. The number of aromatic nitrogens is 1. The summed E-state index contributed by atoms with van der Waals surface area (Å²) in [4.78, 5) is 0.